The van der Waals surface area contributed by atoms with Gasteiger partial charge in [-0.2, -0.15) is 13.2 Å². The van der Waals surface area contributed by atoms with Crippen LogP contribution in [-0.4, -0.2) is 60.4 Å². The summed E-state index contributed by atoms with van der Waals surface area (Å²) in [5.41, 5.74) is 0.0166. The van der Waals surface area contributed by atoms with Crippen LogP contribution in [0.3, 0.4) is 0 Å². The monoisotopic (exact) mass is 546 g/mol. The first kappa shape index (κ1) is 29.7. The van der Waals surface area contributed by atoms with E-state index in [4.69, 9.17) is 4.74 Å². The molecule has 39 heavy (non-hydrogen) atoms. The van der Waals surface area contributed by atoms with E-state index < -0.39 is 23.6 Å². The molecule has 3 rings (SSSR count). The first-order chi connectivity index (χ1) is 18.7. The Morgan fingerprint density at radius 1 is 1.05 bits per heavy atom. The number of hydrogen-bond acceptors (Lipinski definition) is 6. The quantitative estimate of drug-likeness (QED) is 0.246. The Balaban J connectivity index is 1.60. The third-order valence-electron chi connectivity index (χ3n) is 6.45. The zero-order valence-electron chi connectivity index (χ0n) is 21.7. The standard InChI is InChI=1S/C28H33F3N4O4/c1-2-24(36)32-13-7-6-11-22(19-25(37)39-20-21-9-4-3-5-10-21)27(38)35-17-15-34(16-18-35)26-23(28(29,30)31)12-8-14-33-26/h2-5,8-10,12,14,22H,1,6-7,11,13,15-20H2,(H,32,36)/t22-/m1/s1. The molecule has 2 amide bonds. The van der Waals surface area contributed by atoms with Crippen molar-refractivity contribution in [2.75, 3.05) is 37.6 Å². The van der Waals surface area contributed by atoms with E-state index in [0.717, 1.165) is 11.6 Å². The molecule has 0 bridgehead atoms. The highest BCUT2D eigenvalue weighted by atomic mass is 19.4. The third-order valence-corrected chi connectivity index (χ3v) is 6.45. The van der Waals surface area contributed by atoms with E-state index in [2.05, 4.69) is 16.9 Å². The lowest BCUT2D eigenvalue weighted by molar-refractivity contribution is -0.150. The highest BCUT2D eigenvalue weighted by Gasteiger charge is 2.37. The summed E-state index contributed by atoms with van der Waals surface area (Å²) in [6, 6.07) is 11.4. The number of unbranched alkanes of at least 4 members (excludes halogenated alkanes) is 1. The van der Waals surface area contributed by atoms with Crippen LogP contribution in [0.4, 0.5) is 19.0 Å². The molecule has 0 aliphatic carbocycles. The van der Waals surface area contributed by atoms with Gasteiger partial charge in [0.15, 0.2) is 0 Å². The Bertz CT molecular complexity index is 1120. The van der Waals surface area contributed by atoms with Gasteiger partial charge in [-0.3, -0.25) is 14.4 Å². The number of carbonyl (C=O) groups excluding carboxylic acids is 3. The van der Waals surface area contributed by atoms with Crippen LogP contribution in [0.15, 0.2) is 61.3 Å². The summed E-state index contributed by atoms with van der Waals surface area (Å²) in [5, 5.41) is 2.68. The van der Waals surface area contributed by atoms with E-state index in [-0.39, 0.29) is 56.8 Å². The fourth-order valence-electron chi connectivity index (χ4n) is 4.38. The number of pyridine rings is 1. The van der Waals surface area contributed by atoms with Gasteiger partial charge in [-0.1, -0.05) is 43.3 Å². The average molecular weight is 547 g/mol. The second-order valence-electron chi connectivity index (χ2n) is 9.22. The second kappa shape index (κ2) is 14.3. The van der Waals surface area contributed by atoms with E-state index in [1.54, 1.807) is 4.90 Å². The van der Waals surface area contributed by atoms with Crippen molar-refractivity contribution in [2.24, 2.45) is 5.92 Å². The molecule has 1 aromatic heterocycles. The van der Waals surface area contributed by atoms with Gasteiger partial charge in [0.2, 0.25) is 11.8 Å². The zero-order chi connectivity index (χ0) is 28.3. The van der Waals surface area contributed by atoms with Crippen molar-refractivity contribution in [2.45, 2.75) is 38.5 Å². The number of halogens is 3. The van der Waals surface area contributed by atoms with E-state index in [1.165, 1.54) is 23.2 Å². The zero-order valence-corrected chi connectivity index (χ0v) is 21.7. The molecule has 1 saturated heterocycles. The van der Waals surface area contributed by atoms with Crippen molar-refractivity contribution >= 4 is 23.6 Å². The van der Waals surface area contributed by atoms with Gasteiger partial charge in [-0.25, -0.2) is 4.98 Å². The lowest BCUT2D eigenvalue weighted by Crippen LogP contribution is -2.51. The van der Waals surface area contributed by atoms with Crippen LogP contribution in [0, 0.1) is 5.92 Å². The Morgan fingerprint density at radius 3 is 2.44 bits per heavy atom. The number of benzene rings is 1. The molecule has 8 nitrogen and oxygen atoms in total. The van der Waals surface area contributed by atoms with Crippen LogP contribution in [0.5, 0.6) is 0 Å². The Kier molecular flexibility index (Phi) is 10.9. The van der Waals surface area contributed by atoms with E-state index in [9.17, 15) is 27.6 Å². The van der Waals surface area contributed by atoms with Crippen molar-refractivity contribution in [1.29, 1.82) is 0 Å². The fraction of sp³-hybridized carbons (Fsp3) is 0.429. The number of carbonyl (C=O) groups is 3. The van der Waals surface area contributed by atoms with Crippen LogP contribution in [0.25, 0.3) is 0 Å². The number of anilines is 1. The lowest BCUT2D eigenvalue weighted by atomic mass is 9.96. The third kappa shape index (κ3) is 9.12. The van der Waals surface area contributed by atoms with Crippen LogP contribution in [0.1, 0.15) is 36.8 Å². The summed E-state index contributed by atoms with van der Waals surface area (Å²) in [5.74, 6) is -1.82. The maximum Gasteiger partial charge on any atom is 0.419 e. The summed E-state index contributed by atoms with van der Waals surface area (Å²) in [6.07, 6.45) is -0.551. The number of esters is 1. The average Bonchev–Trinajstić information content (AvgIpc) is 2.95. The number of nitrogens with zero attached hydrogens (tertiary/aromatic N) is 3. The number of rotatable bonds is 12. The SMILES string of the molecule is C=CC(=O)NCCCC[C@H](CC(=O)OCc1ccccc1)C(=O)N1CCN(c2ncccc2C(F)(F)F)CC1. The number of amides is 2. The molecule has 11 heteroatoms. The van der Waals surface area contributed by atoms with E-state index in [0.29, 0.717) is 25.8 Å². The largest absolute Gasteiger partial charge is 0.461 e. The molecule has 0 spiro atoms. The molecule has 1 aliphatic heterocycles. The number of hydrogen-bond donors (Lipinski definition) is 1. The molecule has 1 fully saturated rings. The Labute approximate surface area is 225 Å². The fourth-order valence-corrected chi connectivity index (χ4v) is 4.38. The van der Waals surface area contributed by atoms with Crippen LogP contribution >= 0.6 is 0 Å². The predicted molar refractivity (Wildman–Crippen MR) is 139 cm³/mol. The van der Waals surface area contributed by atoms with Crippen molar-refractivity contribution in [3.63, 3.8) is 0 Å². The van der Waals surface area contributed by atoms with Crippen LogP contribution < -0.4 is 10.2 Å². The molecule has 1 N–H and O–H groups in total. The molecule has 1 aliphatic rings. The van der Waals surface area contributed by atoms with Gasteiger partial charge in [0.05, 0.1) is 12.0 Å². The number of piperazine rings is 1. The second-order valence-corrected chi connectivity index (χ2v) is 9.22. The number of alkyl halides is 3. The van der Waals surface area contributed by atoms with Crippen molar-refractivity contribution in [3.05, 3.63) is 72.4 Å². The molecule has 0 radical (unpaired) electrons. The molecule has 0 unspecified atom stereocenters. The van der Waals surface area contributed by atoms with Gasteiger partial charge >= 0.3 is 12.1 Å². The van der Waals surface area contributed by atoms with Gasteiger partial charge < -0.3 is 19.9 Å². The minimum atomic E-state index is -4.53. The maximum absolute atomic E-state index is 13.4. The molecular formula is C28H33F3N4O4. The van der Waals surface area contributed by atoms with E-state index >= 15 is 0 Å². The normalized spacial score (nSPS) is 14.4. The maximum atomic E-state index is 13.4. The smallest absolute Gasteiger partial charge is 0.419 e. The molecule has 0 saturated carbocycles. The molecule has 1 atom stereocenters. The van der Waals surface area contributed by atoms with Crippen LogP contribution in [0.2, 0.25) is 0 Å². The Morgan fingerprint density at radius 2 is 1.77 bits per heavy atom. The highest BCUT2D eigenvalue weighted by molar-refractivity contribution is 5.86. The summed E-state index contributed by atoms with van der Waals surface area (Å²) in [4.78, 5) is 44.4. The molecule has 210 valence electrons. The first-order valence-corrected chi connectivity index (χ1v) is 12.8. The van der Waals surface area contributed by atoms with Crippen molar-refractivity contribution < 1.29 is 32.3 Å². The summed E-state index contributed by atoms with van der Waals surface area (Å²) in [6.45, 7) is 4.69. The van der Waals surface area contributed by atoms with Crippen molar-refractivity contribution in [1.82, 2.24) is 15.2 Å². The van der Waals surface area contributed by atoms with Crippen LogP contribution in [-0.2, 0) is 31.9 Å². The number of ether oxygens (including phenoxy) is 1. The molecule has 2 aromatic rings. The highest BCUT2D eigenvalue weighted by Crippen LogP contribution is 2.35. The number of nitrogens with one attached hydrogen (secondary N) is 1. The van der Waals surface area contributed by atoms with E-state index in [1.807, 2.05) is 30.3 Å². The topological polar surface area (TPSA) is 91.8 Å². The molecule has 1 aromatic carbocycles. The predicted octanol–water partition coefficient (Wildman–Crippen LogP) is 3.97. The summed E-state index contributed by atoms with van der Waals surface area (Å²) >= 11 is 0. The molecular weight excluding hydrogens is 513 g/mol. The van der Waals surface area contributed by atoms with Gasteiger partial charge in [0.1, 0.15) is 12.4 Å². The first-order valence-electron chi connectivity index (χ1n) is 12.8. The number of aromatic nitrogens is 1. The molecule has 2 heterocycles. The summed E-state index contributed by atoms with van der Waals surface area (Å²) < 4.78 is 45.7. The van der Waals surface area contributed by atoms with Gasteiger partial charge in [-0.15, -0.1) is 0 Å². The minimum absolute atomic E-state index is 0.0957. The van der Waals surface area contributed by atoms with Gasteiger partial charge in [0, 0.05) is 44.8 Å². The minimum Gasteiger partial charge on any atom is -0.461 e. The Hall–Kier alpha value is -3.89. The van der Waals surface area contributed by atoms with Gasteiger partial charge in [0.25, 0.3) is 0 Å². The lowest BCUT2D eigenvalue weighted by Gasteiger charge is -2.37. The van der Waals surface area contributed by atoms with Gasteiger partial charge in [-0.05, 0) is 36.6 Å². The summed E-state index contributed by atoms with van der Waals surface area (Å²) in [7, 11) is 0. The van der Waals surface area contributed by atoms with Crippen molar-refractivity contribution in [3.8, 4) is 0 Å².